The number of rotatable bonds is 6. The first-order chi connectivity index (χ1) is 14.9. The van der Waals surface area contributed by atoms with E-state index in [0.29, 0.717) is 16.7 Å². The van der Waals surface area contributed by atoms with E-state index in [2.05, 4.69) is 10.3 Å². The highest BCUT2D eigenvalue weighted by molar-refractivity contribution is 7.92. The van der Waals surface area contributed by atoms with Crippen molar-refractivity contribution in [1.82, 2.24) is 10.3 Å². The molecule has 1 unspecified atom stereocenters. The van der Waals surface area contributed by atoms with E-state index < -0.39 is 9.73 Å². The van der Waals surface area contributed by atoms with Crippen molar-refractivity contribution in [2.24, 2.45) is 5.92 Å². The topological polar surface area (TPSA) is 109 Å². The highest BCUT2D eigenvalue weighted by atomic mass is 35.5. The van der Waals surface area contributed by atoms with Crippen molar-refractivity contribution in [1.29, 1.82) is 4.78 Å². The van der Waals surface area contributed by atoms with Gasteiger partial charge in [-0.05, 0) is 74.8 Å². The largest absolute Gasteiger partial charge is 0.441 e. The van der Waals surface area contributed by atoms with Crippen LogP contribution in [0.4, 0.5) is 0 Å². The number of furan rings is 1. The standard InChI is InChI=1S/C22H24ClN3O4S/c23-15-5-8-18-17(11-15)26-22(30-18)14-3-6-16(7-4-14)25-21(27)19-9-10-20(29-19)31(24,28)12-13-1-2-13/h5,8-11,13-14,16,24H,1-4,6-7,12H2,(H,25,27). The van der Waals surface area contributed by atoms with Gasteiger partial charge in [-0.15, -0.1) is 0 Å². The molecule has 9 heteroatoms. The molecular weight excluding hydrogens is 438 g/mol. The number of fused-ring (bicyclic) bond motifs is 1. The minimum Gasteiger partial charge on any atom is -0.441 e. The van der Waals surface area contributed by atoms with Crippen LogP contribution in [0, 0.1) is 10.7 Å². The lowest BCUT2D eigenvalue weighted by molar-refractivity contribution is 0.0891. The number of carbonyl (C=O) groups excluding carboxylic acids is 1. The lowest BCUT2D eigenvalue weighted by atomic mass is 9.86. The number of oxazole rings is 1. The SMILES string of the molecule is N=S(=O)(CC1CC1)c1ccc(C(=O)NC2CCC(c3nc4cc(Cl)ccc4o3)CC2)o1. The van der Waals surface area contributed by atoms with Crippen molar-refractivity contribution in [2.75, 3.05) is 5.75 Å². The summed E-state index contributed by atoms with van der Waals surface area (Å²) in [7, 11) is -2.97. The molecule has 2 aliphatic rings. The van der Waals surface area contributed by atoms with Crippen LogP contribution in [0.2, 0.25) is 5.02 Å². The summed E-state index contributed by atoms with van der Waals surface area (Å²) in [5.41, 5.74) is 1.50. The molecule has 5 rings (SSSR count). The summed E-state index contributed by atoms with van der Waals surface area (Å²) in [6.07, 6.45) is 5.36. The number of benzene rings is 1. The molecule has 2 aliphatic carbocycles. The Morgan fingerprint density at radius 3 is 2.65 bits per heavy atom. The highest BCUT2D eigenvalue weighted by Crippen LogP contribution is 2.35. The van der Waals surface area contributed by atoms with E-state index in [1.54, 1.807) is 12.1 Å². The predicted molar refractivity (Wildman–Crippen MR) is 117 cm³/mol. The fourth-order valence-corrected chi connectivity index (χ4v) is 5.99. The van der Waals surface area contributed by atoms with Crippen LogP contribution in [0.1, 0.15) is 60.9 Å². The van der Waals surface area contributed by atoms with Gasteiger partial charge in [0.1, 0.15) is 15.2 Å². The number of amides is 1. The van der Waals surface area contributed by atoms with E-state index in [1.165, 1.54) is 12.1 Å². The lowest BCUT2D eigenvalue weighted by Crippen LogP contribution is -2.37. The first-order valence-corrected chi connectivity index (χ1v) is 12.7. The van der Waals surface area contributed by atoms with Gasteiger partial charge in [0.2, 0.25) is 0 Å². The lowest BCUT2D eigenvalue weighted by Gasteiger charge is -2.27. The normalized spacial score (nSPS) is 23.5. The summed E-state index contributed by atoms with van der Waals surface area (Å²) in [5.74, 6) is 1.38. The third-order valence-corrected chi connectivity index (χ3v) is 8.12. The Morgan fingerprint density at radius 2 is 1.90 bits per heavy atom. The highest BCUT2D eigenvalue weighted by Gasteiger charge is 2.30. The van der Waals surface area contributed by atoms with Crippen molar-refractivity contribution in [3.63, 3.8) is 0 Å². The molecule has 1 atom stereocenters. The average molecular weight is 462 g/mol. The zero-order chi connectivity index (χ0) is 21.6. The molecule has 0 saturated heterocycles. The number of carbonyl (C=O) groups is 1. The second kappa shape index (κ2) is 7.98. The summed E-state index contributed by atoms with van der Waals surface area (Å²) in [5, 5.41) is 3.74. The van der Waals surface area contributed by atoms with E-state index in [1.807, 2.05) is 6.07 Å². The monoisotopic (exact) mass is 461 g/mol. The van der Waals surface area contributed by atoms with Crippen molar-refractivity contribution >= 4 is 38.3 Å². The van der Waals surface area contributed by atoms with E-state index in [4.69, 9.17) is 25.2 Å². The molecular formula is C22H24ClN3O4S. The molecule has 1 amide bonds. The maximum absolute atomic E-state index is 12.6. The molecule has 0 bridgehead atoms. The van der Waals surface area contributed by atoms with Crippen LogP contribution in [0.3, 0.4) is 0 Å². The molecule has 2 heterocycles. The molecule has 2 fully saturated rings. The predicted octanol–water partition coefficient (Wildman–Crippen LogP) is 5.35. The number of nitrogens with zero attached hydrogens (tertiary/aromatic N) is 1. The number of aromatic nitrogens is 1. The second-order valence-electron chi connectivity index (χ2n) is 8.59. The smallest absolute Gasteiger partial charge is 0.287 e. The summed E-state index contributed by atoms with van der Waals surface area (Å²) in [6.45, 7) is 0. The van der Waals surface area contributed by atoms with Gasteiger partial charge < -0.3 is 14.2 Å². The average Bonchev–Trinajstić information content (AvgIpc) is 3.24. The molecule has 164 valence electrons. The van der Waals surface area contributed by atoms with Crippen molar-refractivity contribution < 1.29 is 17.8 Å². The molecule has 3 aromatic rings. The number of hydrogen-bond acceptors (Lipinski definition) is 6. The summed E-state index contributed by atoms with van der Waals surface area (Å²) < 4.78 is 32.0. The van der Waals surface area contributed by atoms with Crippen LogP contribution in [-0.2, 0) is 9.73 Å². The zero-order valence-electron chi connectivity index (χ0n) is 16.9. The van der Waals surface area contributed by atoms with Crippen LogP contribution in [0.25, 0.3) is 11.1 Å². The number of hydrogen-bond donors (Lipinski definition) is 2. The third kappa shape index (κ3) is 4.50. The van der Waals surface area contributed by atoms with Crippen molar-refractivity contribution in [3.05, 3.63) is 47.0 Å². The number of halogens is 1. The quantitative estimate of drug-likeness (QED) is 0.514. The van der Waals surface area contributed by atoms with E-state index >= 15 is 0 Å². The van der Waals surface area contributed by atoms with Gasteiger partial charge in [-0.3, -0.25) is 4.79 Å². The Kier molecular flexibility index (Phi) is 5.30. The van der Waals surface area contributed by atoms with Gasteiger partial charge in [-0.1, -0.05) is 11.6 Å². The molecule has 7 nitrogen and oxygen atoms in total. The Bertz CT molecular complexity index is 1220. The van der Waals surface area contributed by atoms with Gasteiger partial charge >= 0.3 is 0 Å². The Labute approximate surface area is 185 Å². The second-order valence-corrected chi connectivity index (χ2v) is 11.1. The van der Waals surface area contributed by atoms with Crippen LogP contribution in [0.15, 0.2) is 44.3 Å². The molecule has 1 aromatic carbocycles. The van der Waals surface area contributed by atoms with Crippen molar-refractivity contribution in [3.8, 4) is 0 Å². The Hall–Kier alpha value is -2.32. The summed E-state index contributed by atoms with van der Waals surface area (Å²) in [4.78, 5) is 17.2. The minimum absolute atomic E-state index is 0.0305. The molecule has 0 spiro atoms. The van der Waals surface area contributed by atoms with Gasteiger partial charge in [-0.2, -0.15) is 0 Å². The van der Waals surface area contributed by atoms with Gasteiger partial charge in [0.15, 0.2) is 22.3 Å². The maximum atomic E-state index is 12.6. The summed E-state index contributed by atoms with van der Waals surface area (Å²) >= 11 is 6.03. The van der Waals surface area contributed by atoms with Gasteiger partial charge in [0.25, 0.3) is 5.91 Å². The van der Waals surface area contributed by atoms with Gasteiger partial charge in [0, 0.05) is 22.7 Å². The van der Waals surface area contributed by atoms with E-state index in [9.17, 15) is 9.00 Å². The molecule has 0 radical (unpaired) electrons. The van der Waals surface area contributed by atoms with Gasteiger partial charge in [-0.25, -0.2) is 14.0 Å². The fourth-order valence-electron chi connectivity index (χ4n) is 4.15. The van der Waals surface area contributed by atoms with Crippen LogP contribution in [-0.4, -0.2) is 26.9 Å². The van der Waals surface area contributed by atoms with E-state index in [0.717, 1.165) is 55.5 Å². The van der Waals surface area contributed by atoms with E-state index in [-0.39, 0.29) is 28.7 Å². The first kappa shape index (κ1) is 20.6. The molecule has 2 N–H and O–H groups in total. The van der Waals surface area contributed by atoms with Crippen LogP contribution in [0.5, 0.6) is 0 Å². The molecule has 2 saturated carbocycles. The first-order valence-electron chi connectivity index (χ1n) is 10.6. The summed E-state index contributed by atoms with van der Waals surface area (Å²) in [6, 6.07) is 8.47. The molecule has 2 aromatic heterocycles. The Morgan fingerprint density at radius 1 is 1.13 bits per heavy atom. The third-order valence-electron chi connectivity index (χ3n) is 6.08. The van der Waals surface area contributed by atoms with Crippen LogP contribution < -0.4 is 5.32 Å². The number of nitrogens with one attached hydrogen (secondary N) is 2. The minimum atomic E-state index is -2.97. The molecule has 0 aliphatic heterocycles. The Balaban J connectivity index is 1.18. The van der Waals surface area contributed by atoms with Crippen LogP contribution >= 0.6 is 11.6 Å². The van der Waals surface area contributed by atoms with Gasteiger partial charge in [0.05, 0.1) is 0 Å². The molecule has 31 heavy (non-hydrogen) atoms. The fraction of sp³-hybridized carbons (Fsp3) is 0.455. The van der Waals surface area contributed by atoms with Crippen molar-refractivity contribution in [2.45, 2.75) is 55.6 Å². The zero-order valence-corrected chi connectivity index (χ0v) is 18.5. The maximum Gasteiger partial charge on any atom is 0.287 e.